The van der Waals surface area contributed by atoms with Gasteiger partial charge in [0.05, 0.1) is 6.04 Å². The van der Waals surface area contributed by atoms with E-state index in [1.54, 1.807) is 0 Å². The number of aryl methyl sites for hydroxylation is 1. The van der Waals surface area contributed by atoms with Crippen molar-refractivity contribution >= 4 is 23.1 Å². The van der Waals surface area contributed by atoms with Crippen LogP contribution in [0.5, 0.6) is 11.5 Å². The number of hydrogen-bond donors (Lipinski definition) is 0. The summed E-state index contributed by atoms with van der Waals surface area (Å²) in [6.45, 7) is 17.9. The normalized spacial score (nSPS) is 19.2. The number of ether oxygens (including phenoxy) is 2. The van der Waals surface area contributed by atoms with Crippen LogP contribution in [0.2, 0.25) is 0 Å². The first kappa shape index (κ1) is 39.0. The van der Waals surface area contributed by atoms with Gasteiger partial charge in [0.25, 0.3) is 0 Å². The van der Waals surface area contributed by atoms with E-state index in [4.69, 9.17) is 19.5 Å². The predicted octanol–water partition coefficient (Wildman–Crippen LogP) is 12.8. The Bertz CT molecular complexity index is 2200. The number of hydrogen-bond acceptors (Lipinski definition) is 5. The van der Waals surface area contributed by atoms with Gasteiger partial charge >= 0.3 is 21.1 Å². The fraction of sp³-hybridized carbons (Fsp3) is 0.388. The molecule has 5 nitrogen and oxygen atoms in total. The zero-order valence-electron chi connectivity index (χ0n) is 33.5. The molecule has 286 valence electrons. The molecule has 0 amide bonds. The molecule has 1 aromatic heterocycles. The van der Waals surface area contributed by atoms with E-state index in [9.17, 15) is 0 Å². The first-order chi connectivity index (χ1) is 25.9. The van der Waals surface area contributed by atoms with E-state index in [1.165, 1.54) is 54.4 Å². The van der Waals surface area contributed by atoms with E-state index in [2.05, 4.69) is 145 Å². The first-order valence-corrected chi connectivity index (χ1v) is 19.9. The topological polar surface area (TPSA) is 47.0 Å². The van der Waals surface area contributed by atoms with E-state index in [-0.39, 0.29) is 50.0 Å². The van der Waals surface area contributed by atoms with Gasteiger partial charge in [-0.15, -0.1) is 29.8 Å². The van der Waals surface area contributed by atoms with E-state index in [0.29, 0.717) is 23.3 Å². The average molecular weight is 911 g/mol. The van der Waals surface area contributed by atoms with E-state index in [0.717, 1.165) is 33.9 Å². The Labute approximate surface area is 342 Å². The Balaban J connectivity index is 0.00000465. The van der Waals surface area contributed by atoms with Gasteiger partial charge in [-0.2, -0.15) is 5.56 Å². The second kappa shape index (κ2) is 15.4. The fourth-order valence-corrected chi connectivity index (χ4v) is 8.58. The molecule has 2 aliphatic heterocycles. The molecule has 1 fully saturated rings. The molecule has 1 aliphatic carbocycles. The molecular weight excluding hydrogens is 858 g/mol. The summed E-state index contributed by atoms with van der Waals surface area (Å²) in [5.74, 6) is 3.61. The monoisotopic (exact) mass is 910 g/mol. The minimum absolute atomic E-state index is 0. The number of aliphatic imine (C=N–C) groups is 1. The van der Waals surface area contributed by atoms with Crippen molar-refractivity contribution in [3.05, 3.63) is 142 Å². The number of pyridine rings is 1. The van der Waals surface area contributed by atoms with Crippen LogP contribution in [-0.2, 0) is 36.6 Å². The second-order valence-electron chi connectivity index (χ2n) is 17.4. The Morgan fingerprint density at radius 3 is 2.33 bits per heavy atom. The molecule has 4 aromatic carbocycles. The molecular formula is C49H53N3O2Pt. The van der Waals surface area contributed by atoms with Gasteiger partial charge < -0.3 is 14.4 Å². The zero-order valence-corrected chi connectivity index (χ0v) is 35.8. The van der Waals surface area contributed by atoms with Crippen molar-refractivity contribution in [3.8, 4) is 11.5 Å². The summed E-state index contributed by atoms with van der Waals surface area (Å²) in [4.78, 5) is 12.6. The molecule has 8 rings (SSSR count). The third-order valence-electron chi connectivity index (χ3n) is 11.7. The van der Waals surface area contributed by atoms with Gasteiger partial charge in [-0.25, -0.2) is 4.98 Å². The summed E-state index contributed by atoms with van der Waals surface area (Å²) in [5.41, 5.74) is 9.78. The van der Waals surface area contributed by atoms with Crippen LogP contribution in [0.25, 0.3) is 0 Å². The SMILES string of the molecule is Cc1cc(Oc2[c-]c(C3=N[C@H](C4CCCCC4)[C@@H](c4ccccc4)O3)cc(C(C)C)c2)[c-]c(N2c3ccc(C(C)(C)C)cc3C(C)(C)c3cccnc32)c1.[Pt+2]. The van der Waals surface area contributed by atoms with Crippen LogP contribution in [-0.4, -0.2) is 16.9 Å². The van der Waals surface area contributed by atoms with Crippen LogP contribution in [0.1, 0.15) is 132 Å². The molecule has 0 N–H and O–H groups in total. The summed E-state index contributed by atoms with van der Waals surface area (Å²) >= 11 is 0. The average Bonchev–Trinajstić information content (AvgIpc) is 3.61. The van der Waals surface area contributed by atoms with Gasteiger partial charge in [-0.1, -0.05) is 147 Å². The second-order valence-corrected chi connectivity index (χ2v) is 17.4. The standard InChI is InChI=1S/C49H53N3O2.Pt/c1-31(2)35-26-36(47-51-44(33-16-11-9-12-17-33)45(54-47)34-18-13-10-14-19-34)28-40(27-35)53-39-25-32(3)24-38(30-39)52-43-22-21-37(48(4,5)6)29-42(43)49(7,8)41-20-15-23-50-46(41)52;/h10,13-15,18-27,29,31,33,44-45H,9,11-12,16-17H2,1-8H3;/q-2;+2/t44-,45-;/m1./s1. The maximum atomic E-state index is 6.81. The molecule has 0 unspecified atom stereocenters. The maximum Gasteiger partial charge on any atom is 2.00 e. The largest absolute Gasteiger partial charge is 2.00 e. The predicted molar refractivity (Wildman–Crippen MR) is 220 cm³/mol. The van der Waals surface area contributed by atoms with Crippen LogP contribution in [0.4, 0.5) is 17.2 Å². The third kappa shape index (κ3) is 7.67. The third-order valence-corrected chi connectivity index (χ3v) is 11.7. The van der Waals surface area contributed by atoms with Gasteiger partial charge in [0.2, 0.25) is 0 Å². The molecule has 2 atom stereocenters. The Kier molecular flexibility index (Phi) is 10.9. The summed E-state index contributed by atoms with van der Waals surface area (Å²) in [6.07, 6.45) is 7.99. The van der Waals surface area contributed by atoms with Gasteiger partial charge in [-0.3, -0.25) is 4.99 Å². The molecule has 3 aliphatic rings. The molecule has 0 saturated heterocycles. The molecule has 3 heterocycles. The van der Waals surface area contributed by atoms with Crippen LogP contribution < -0.4 is 9.64 Å². The molecule has 6 heteroatoms. The van der Waals surface area contributed by atoms with Gasteiger partial charge in [0.1, 0.15) is 17.8 Å². The van der Waals surface area contributed by atoms with Crippen LogP contribution in [0.15, 0.2) is 96.1 Å². The van der Waals surface area contributed by atoms with Crippen molar-refractivity contribution in [2.45, 2.75) is 116 Å². The molecule has 5 aromatic rings. The quantitative estimate of drug-likeness (QED) is 0.153. The van der Waals surface area contributed by atoms with Crippen molar-refractivity contribution in [1.82, 2.24) is 4.98 Å². The Hall–Kier alpha value is -4.21. The van der Waals surface area contributed by atoms with Crippen molar-refractivity contribution in [2.75, 3.05) is 4.90 Å². The molecule has 0 spiro atoms. The number of rotatable bonds is 7. The van der Waals surface area contributed by atoms with Gasteiger partial charge in [0, 0.05) is 34.4 Å². The molecule has 0 bridgehead atoms. The summed E-state index contributed by atoms with van der Waals surface area (Å²) in [5, 5.41) is 0. The Morgan fingerprint density at radius 1 is 0.855 bits per heavy atom. The summed E-state index contributed by atoms with van der Waals surface area (Å²) in [7, 11) is 0. The molecule has 1 saturated carbocycles. The van der Waals surface area contributed by atoms with Crippen molar-refractivity contribution < 1.29 is 30.5 Å². The molecule has 0 radical (unpaired) electrons. The van der Waals surface area contributed by atoms with Crippen molar-refractivity contribution in [3.63, 3.8) is 0 Å². The minimum Gasteiger partial charge on any atom is -0.510 e. The summed E-state index contributed by atoms with van der Waals surface area (Å²) in [6, 6.07) is 37.6. The van der Waals surface area contributed by atoms with Gasteiger partial charge in [0.15, 0.2) is 0 Å². The van der Waals surface area contributed by atoms with Gasteiger partial charge in [-0.05, 0) is 58.9 Å². The first-order valence-electron chi connectivity index (χ1n) is 19.9. The number of nitrogens with zero attached hydrogens (tertiary/aromatic N) is 3. The summed E-state index contributed by atoms with van der Waals surface area (Å²) < 4.78 is 13.6. The maximum absolute atomic E-state index is 6.81. The van der Waals surface area contributed by atoms with E-state index >= 15 is 0 Å². The number of benzene rings is 4. The van der Waals surface area contributed by atoms with E-state index < -0.39 is 0 Å². The number of aromatic nitrogens is 1. The van der Waals surface area contributed by atoms with Crippen molar-refractivity contribution in [1.29, 1.82) is 0 Å². The minimum atomic E-state index is -0.233. The van der Waals surface area contributed by atoms with Crippen LogP contribution in [0, 0.1) is 25.0 Å². The number of anilines is 3. The van der Waals surface area contributed by atoms with E-state index in [1.807, 2.05) is 18.3 Å². The zero-order chi connectivity index (χ0) is 37.8. The van der Waals surface area contributed by atoms with Crippen molar-refractivity contribution in [2.24, 2.45) is 10.9 Å². The van der Waals surface area contributed by atoms with Crippen LogP contribution >= 0.6 is 0 Å². The Morgan fingerprint density at radius 2 is 1.60 bits per heavy atom. The smallest absolute Gasteiger partial charge is 0.510 e. The fourth-order valence-electron chi connectivity index (χ4n) is 8.58. The number of fused-ring (bicyclic) bond motifs is 2. The molecule has 55 heavy (non-hydrogen) atoms. The van der Waals surface area contributed by atoms with Crippen LogP contribution in [0.3, 0.4) is 0 Å².